The van der Waals surface area contributed by atoms with Crippen LogP contribution in [0.25, 0.3) is 11.1 Å². The smallest absolute Gasteiger partial charge is 0.0922 e. The van der Waals surface area contributed by atoms with E-state index in [0.29, 0.717) is 0 Å². The molecule has 0 atom stereocenters. The van der Waals surface area contributed by atoms with E-state index >= 15 is 0 Å². The zero-order chi connectivity index (χ0) is 13.8. The van der Waals surface area contributed by atoms with Crippen LogP contribution in [-0.2, 0) is 6.54 Å². The minimum absolute atomic E-state index is 0.721. The minimum atomic E-state index is 0.721. The Morgan fingerprint density at radius 1 is 1.05 bits per heavy atom. The zero-order valence-corrected chi connectivity index (χ0v) is 11.6. The van der Waals surface area contributed by atoms with Crippen LogP contribution in [0.3, 0.4) is 0 Å². The largest absolute Gasteiger partial charge is 0.379 e. The molecule has 2 N–H and O–H groups in total. The molecule has 20 heavy (non-hydrogen) atoms. The van der Waals surface area contributed by atoms with Crippen LogP contribution in [0.4, 0.5) is 5.69 Å². The highest BCUT2D eigenvalue weighted by molar-refractivity contribution is 6.30. The van der Waals surface area contributed by atoms with Gasteiger partial charge in [0.25, 0.3) is 0 Å². The molecular formula is C16H14ClN3. The summed E-state index contributed by atoms with van der Waals surface area (Å²) < 4.78 is 0. The number of hydrogen-bond acceptors (Lipinski definition) is 2. The average Bonchev–Trinajstić information content (AvgIpc) is 2.99. The summed E-state index contributed by atoms with van der Waals surface area (Å²) in [5, 5.41) is 4.12. The van der Waals surface area contributed by atoms with Crippen LogP contribution in [0.5, 0.6) is 0 Å². The maximum atomic E-state index is 6.04. The molecule has 0 bridgehead atoms. The van der Waals surface area contributed by atoms with Crippen molar-refractivity contribution < 1.29 is 0 Å². The third-order valence-corrected chi connectivity index (χ3v) is 3.29. The van der Waals surface area contributed by atoms with Gasteiger partial charge >= 0.3 is 0 Å². The number of anilines is 1. The summed E-state index contributed by atoms with van der Waals surface area (Å²) in [6, 6.07) is 16.1. The highest BCUT2D eigenvalue weighted by Crippen LogP contribution is 2.25. The highest BCUT2D eigenvalue weighted by Gasteiger charge is 2.00. The zero-order valence-electron chi connectivity index (χ0n) is 10.8. The molecule has 0 aliphatic carbocycles. The van der Waals surface area contributed by atoms with Crippen molar-refractivity contribution in [3.8, 4) is 11.1 Å². The number of nitrogens with zero attached hydrogens (tertiary/aromatic N) is 1. The summed E-state index contributed by atoms with van der Waals surface area (Å²) in [7, 11) is 0. The van der Waals surface area contributed by atoms with Gasteiger partial charge in [-0.25, -0.2) is 4.98 Å². The predicted molar refractivity (Wildman–Crippen MR) is 82.8 cm³/mol. The normalized spacial score (nSPS) is 10.4. The van der Waals surface area contributed by atoms with Crippen molar-refractivity contribution in [3.05, 3.63) is 71.8 Å². The van der Waals surface area contributed by atoms with Gasteiger partial charge < -0.3 is 10.3 Å². The number of nitrogens with one attached hydrogen (secondary N) is 2. The van der Waals surface area contributed by atoms with Crippen LogP contribution in [0.15, 0.2) is 61.1 Å². The van der Waals surface area contributed by atoms with Crippen LogP contribution < -0.4 is 5.32 Å². The standard InChI is InChI=1S/C16H14ClN3/c17-14-5-1-3-12(7-14)13-4-2-6-15(8-13)19-10-16-9-18-11-20-16/h1-9,11,19H,10H2,(H,18,20). The van der Waals surface area contributed by atoms with E-state index in [2.05, 4.69) is 33.5 Å². The van der Waals surface area contributed by atoms with E-state index in [1.807, 2.05) is 36.5 Å². The van der Waals surface area contributed by atoms with Gasteiger partial charge in [-0.3, -0.25) is 0 Å². The fourth-order valence-corrected chi connectivity index (χ4v) is 2.25. The van der Waals surface area contributed by atoms with E-state index in [4.69, 9.17) is 11.6 Å². The number of imidazole rings is 1. The van der Waals surface area contributed by atoms with Crippen LogP contribution in [0.2, 0.25) is 5.02 Å². The first kappa shape index (κ1) is 12.8. The third-order valence-electron chi connectivity index (χ3n) is 3.06. The average molecular weight is 284 g/mol. The topological polar surface area (TPSA) is 40.7 Å². The Morgan fingerprint density at radius 2 is 1.85 bits per heavy atom. The lowest BCUT2D eigenvalue weighted by Gasteiger charge is -2.08. The summed E-state index contributed by atoms with van der Waals surface area (Å²) >= 11 is 6.04. The van der Waals surface area contributed by atoms with E-state index in [9.17, 15) is 0 Å². The molecule has 0 spiro atoms. The summed E-state index contributed by atoms with van der Waals surface area (Å²) in [6.45, 7) is 0.721. The Labute approximate surface area is 122 Å². The molecule has 100 valence electrons. The van der Waals surface area contributed by atoms with Gasteiger partial charge in [0.05, 0.1) is 18.6 Å². The molecule has 1 heterocycles. The predicted octanol–water partition coefficient (Wildman–Crippen LogP) is 4.34. The van der Waals surface area contributed by atoms with Gasteiger partial charge in [0.2, 0.25) is 0 Å². The second kappa shape index (κ2) is 5.80. The van der Waals surface area contributed by atoms with Crippen molar-refractivity contribution >= 4 is 17.3 Å². The van der Waals surface area contributed by atoms with E-state index in [1.54, 1.807) is 6.33 Å². The second-order valence-corrected chi connectivity index (χ2v) is 4.96. The Bertz CT molecular complexity index is 692. The Hall–Kier alpha value is -2.26. The van der Waals surface area contributed by atoms with Gasteiger partial charge in [-0.05, 0) is 35.4 Å². The number of H-pyrrole nitrogens is 1. The lowest BCUT2D eigenvalue weighted by Crippen LogP contribution is -1.99. The molecule has 0 amide bonds. The molecule has 0 saturated heterocycles. The van der Waals surface area contributed by atoms with Crippen LogP contribution in [0.1, 0.15) is 5.69 Å². The first-order valence-corrected chi connectivity index (χ1v) is 6.76. The quantitative estimate of drug-likeness (QED) is 0.748. The molecule has 0 fully saturated rings. The molecule has 1 aromatic heterocycles. The lowest BCUT2D eigenvalue weighted by molar-refractivity contribution is 1.07. The van der Waals surface area contributed by atoms with E-state index in [0.717, 1.165) is 34.1 Å². The van der Waals surface area contributed by atoms with Crippen molar-refractivity contribution in [2.24, 2.45) is 0 Å². The molecule has 0 radical (unpaired) electrons. The Balaban J connectivity index is 1.79. The molecule has 4 heteroatoms. The monoisotopic (exact) mass is 283 g/mol. The van der Waals surface area contributed by atoms with Crippen molar-refractivity contribution in [1.29, 1.82) is 0 Å². The summed E-state index contributed by atoms with van der Waals surface area (Å²) in [5.74, 6) is 0. The molecule has 3 aromatic rings. The molecule has 0 saturated carbocycles. The van der Waals surface area contributed by atoms with Crippen molar-refractivity contribution in [2.75, 3.05) is 5.32 Å². The molecule has 0 aliphatic rings. The number of hydrogen-bond donors (Lipinski definition) is 2. The van der Waals surface area contributed by atoms with Gasteiger partial charge in [-0.2, -0.15) is 0 Å². The number of aromatic nitrogens is 2. The maximum absolute atomic E-state index is 6.04. The van der Waals surface area contributed by atoms with E-state index in [1.165, 1.54) is 0 Å². The van der Waals surface area contributed by atoms with E-state index in [-0.39, 0.29) is 0 Å². The van der Waals surface area contributed by atoms with Crippen molar-refractivity contribution in [3.63, 3.8) is 0 Å². The fraction of sp³-hybridized carbons (Fsp3) is 0.0625. The summed E-state index contributed by atoms with van der Waals surface area (Å²) in [6.07, 6.45) is 3.49. The number of benzene rings is 2. The molecule has 0 aliphatic heterocycles. The highest BCUT2D eigenvalue weighted by atomic mass is 35.5. The van der Waals surface area contributed by atoms with E-state index < -0.39 is 0 Å². The first-order chi connectivity index (χ1) is 9.81. The number of halogens is 1. The van der Waals surface area contributed by atoms with Crippen LogP contribution in [-0.4, -0.2) is 9.97 Å². The molecular weight excluding hydrogens is 270 g/mol. The summed E-state index contributed by atoms with van der Waals surface area (Å²) in [4.78, 5) is 7.07. The number of aromatic amines is 1. The SMILES string of the molecule is Clc1cccc(-c2cccc(NCc3cnc[nH]3)c2)c1. The molecule has 3 nitrogen and oxygen atoms in total. The first-order valence-electron chi connectivity index (χ1n) is 6.38. The Morgan fingerprint density at radius 3 is 2.60 bits per heavy atom. The minimum Gasteiger partial charge on any atom is -0.379 e. The lowest BCUT2D eigenvalue weighted by atomic mass is 10.1. The van der Waals surface area contributed by atoms with Crippen molar-refractivity contribution in [1.82, 2.24) is 9.97 Å². The maximum Gasteiger partial charge on any atom is 0.0922 e. The Kier molecular flexibility index (Phi) is 3.70. The molecule has 0 unspecified atom stereocenters. The van der Waals surface area contributed by atoms with Gasteiger partial charge in [-0.15, -0.1) is 0 Å². The van der Waals surface area contributed by atoms with Gasteiger partial charge in [-0.1, -0.05) is 35.9 Å². The second-order valence-electron chi connectivity index (χ2n) is 4.52. The molecule has 2 aromatic carbocycles. The van der Waals surface area contributed by atoms with Crippen LogP contribution in [0, 0.1) is 0 Å². The summed E-state index contributed by atoms with van der Waals surface area (Å²) in [5.41, 5.74) is 4.38. The van der Waals surface area contributed by atoms with Gasteiger partial charge in [0.1, 0.15) is 0 Å². The van der Waals surface area contributed by atoms with Gasteiger partial charge in [0, 0.05) is 16.9 Å². The third kappa shape index (κ3) is 3.00. The molecule has 3 rings (SSSR count). The fourth-order valence-electron chi connectivity index (χ4n) is 2.06. The van der Waals surface area contributed by atoms with Crippen molar-refractivity contribution in [2.45, 2.75) is 6.54 Å². The number of rotatable bonds is 4. The van der Waals surface area contributed by atoms with Crippen LogP contribution >= 0.6 is 11.6 Å². The van der Waals surface area contributed by atoms with Gasteiger partial charge in [0.15, 0.2) is 0 Å².